The predicted octanol–water partition coefficient (Wildman–Crippen LogP) is 6.79. The lowest BCUT2D eigenvalue weighted by atomic mass is 9.94. The van der Waals surface area contributed by atoms with Crippen molar-refractivity contribution in [2.45, 2.75) is 51.7 Å². The molecule has 2 N–H and O–H groups in total. The third kappa shape index (κ3) is 5.80. The van der Waals surface area contributed by atoms with Gasteiger partial charge in [0.2, 0.25) is 0 Å². The highest BCUT2D eigenvalue weighted by atomic mass is 32.1. The van der Waals surface area contributed by atoms with Crippen molar-refractivity contribution in [3.63, 3.8) is 0 Å². The number of aliphatic hydroxyl groups excluding tert-OH is 1. The van der Waals surface area contributed by atoms with Gasteiger partial charge in [0.05, 0.1) is 32.0 Å². The molecule has 0 amide bonds. The summed E-state index contributed by atoms with van der Waals surface area (Å²) in [5.41, 5.74) is 4.14. The van der Waals surface area contributed by atoms with E-state index in [0.29, 0.717) is 18.8 Å². The van der Waals surface area contributed by atoms with Crippen molar-refractivity contribution >= 4 is 21.4 Å². The maximum atomic E-state index is 12.0. The number of ether oxygens (including phenoxy) is 4. The van der Waals surface area contributed by atoms with Crippen LogP contribution in [0.2, 0.25) is 0 Å². The van der Waals surface area contributed by atoms with Gasteiger partial charge in [-0.15, -0.1) is 11.3 Å². The molecule has 1 atom stereocenters. The number of nitrogens with zero attached hydrogens (tertiary/aromatic N) is 1. The molecule has 4 aromatic rings. The van der Waals surface area contributed by atoms with Gasteiger partial charge in [-0.3, -0.25) is 4.90 Å². The first kappa shape index (κ1) is 28.0. The topological polar surface area (TPSA) is 80.6 Å². The molecule has 3 aromatic carbocycles. The van der Waals surface area contributed by atoms with Gasteiger partial charge in [-0.2, -0.15) is 0 Å². The number of thiophene rings is 1. The smallest absolute Gasteiger partial charge is 0.187 e. The minimum absolute atomic E-state index is 0.0505. The maximum Gasteiger partial charge on any atom is 0.187 e. The molecular weight excluding hydrogens is 538 g/mol. The molecule has 0 bridgehead atoms. The average Bonchev–Trinajstić information content (AvgIpc) is 3.74. The molecular formula is C33H37NO6S. The number of methoxy groups -OCH3 is 1. The largest absolute Gasteiger partial charge is 0.507 e. The molecule has 0 spiro atoms. The number of phenolic OH excluding ortho intramolecular Hbond substituents is 1. The van der Waals surface area contributed by atoms with Crippen molar-refractivity contribution < 1.29 is 29.2 Å². The maximum absolute atomic E-state index is 12.0. The first-order valence-corrected chi connectivity index (χ1v) is 15.1. The van der Waals surface area contributed by atoms with E-state index in [4.69, 9.17) is 18.9 Å². The van der Waals surface area contributed by atoms with E-state index in [2.05, 4.69) is 11.0 Å². The molecule has 2 aliphatic heterocycles. The Hall–Kier alpha value is -3.14. The molecule has 2 aliphatic rings. The molecule has 2 fully saturated rings. The zero-order chi connectivity index (χ0) is 28.5. The van der Waals surface area contributed by atoms with E-state index < -0.39 is 12.4 Å². The standard InChI is InChI=1S/C33H37NO6S/c1-20(2)40-24-9-10-25-29(18-24)41-32(22-8-11-27(35)26(16-22)33-38-14-15-39-33)30(25)31(36)21-6-7-23(28(17-21)37-3)19-34-12-4-5-13-34/h6-11,16-18,20,31,33,35-36H,4-5,12-15,19H2,1-3H3. The van der Waals surface area contributed by atoms with Gasteiger partial charge in [-0.1, -0.05) is 12.1 Å². The van der Waals surface area contributed by atoms with Crippen molar-refractivity contribution in [2.75, 3.05) is 33.4 Å². The minimum Gasteiger partial charge on any atom is -0.507 e. The van der Waals surface area contributed by atoms with E-state index in [0.717, 1.165) is 68.4 Å². The molecule has 1 unspecified atom stereocenters. The SMILES string of the molecule is COc1cc(C(O)c2c(-c3ccc(O)c(C4OCCO4)c3)sc3cc(OC(C)C)ccc23)ccc1CN1CCCC1. The Kier molecular flexibility index (Phi) is 8.19. The highest BCUT2D eigenvalue weighted by Gasteiger charge is 2.27. The zero-order valence-electron chi connectivity index (χ0n) is 23.8. The Morgan fingerprint density at radius 3 is 2.51 bits per heavy atom. The molecule has 8 heteroatoms. The molecule has 2 saturated heterocycles. The van der Waals surface area contributed by atoms with Gasteiger partial charge in [0, 0.05) is 27.2 Å². The van der Waals surface area contributed by atoms with Crippen LogP contribution >= 0.6 is 11.3 Å². The molecule has 0 saturated carbocycles. The van der Waals surface area contributed by atoms with Gasteiger partial charge in [-0.25, -0.2) is 0 Å². The van der Waals surface area contributed by atoms with E-state index in [9.17, 15) is 10.2 Å². The summed E-state index contributed by atoms with van der Waals surface area (Å²) in [5.74, 6) is 1.69. The van der Waals surface area contributed by atoms with E-state index >= 15 is 0 Å². The number of fused-ring (bicyclic) bond motifs is 1. The third-order valence-corrected chi connectivity index (χ3v) is 8.95. The molecule has 216 valence electrons. The van der Waals surface area contributed by atoms with E-state index in [1.807, 2.05) is 56.3 Å². The number of likely N-dealkylation sites (tertiary alicyclic amines) is 1. The lowest BCUT2D eigenvalue weighted by Crippen LogP contribution is -2.18. The van der Waals surface area contributed by atoms with Crippen LogP contribution in [0.1, 0.15) is 61.3 Å². The van der Waals surface area contributed by atoms with E-state index in [1.54, 1.807) is 24.5 Å². The van der Waals surface area contributed by atoms with Gasteiger partial charge >= 0.3 is 0 Å². The predicted molar refractivity (Wildman–Crippen MR) is 161 cm³/mol. The van der Waals surface area contributed by atoms with Gasteiger partial charge in [0.25, 0.3) is 0 Å². The molecule has 3 heterocycles. The second-order valence-electron chi connectivity index (χ2n) is 11.0. The number of aliphatic hydroxyl groups is 1. The van der Waals surface area contributed by atoms with Gasteiger partial charge < -0.3 is 29.2 Å². The highest BCUT2D eigenvalue weighted by Crippen LogP contribution is 2.46. The summed E-state index contributed by atoms with van der Waals surface area (Å²) < 4.78 is 24.2. The van der Waals surface area contributed by atoms with Gasteiger partial charge in [0.1, 0.15) is 23.4 Å². The number of hydrogen-bond acceptors (Lipinski definition) is 8. The normalized spacial score (nSPS) is 17.1. The molecule has 41 heavy (non-hydrogen) atoms. The van der Waals surface area contributed by atoms with Crippen LogP contribution in [0.5, 0.6) is 17.2 Å². The highest BCUT2D eigenvalue weighted by molar-refractivity contribution is 7.22. The second kappa shape index (κ2) is 12.0. The quantitative estimate of drug-likeness (QED) is 0.227. The van der Waals surface area contributed by atoms with Crippen molar-refractivity contribution in [1.29, 1.82) is 0 Å². The number of hydrogen-bond donors (Lipinski definition) is 2. The Labute approximate surface area is 244 Å². The lowest BCUT2D eigenvalue weighted by molar-refractivity contribution is -0.0454. The Balaban J connectivity index is 1.44. The van der Waals surface area contributed by atoms with Crippen LogP contribution in [0.3, 0.4) is 0 Å². The van der Waals surface area contributed by atoms with Crippen LogP contribution < -0.4 is 9.47 Å². The summed E-state index contributed by atoms with van der Waals surface area (Å²) in [5, 5.41) is 23.5. The van der Waals surface area contributed by atoms with Crippen molar-refractivity contribution in [3.8, 4) is 27.7 Å². The Morgan fingerprint density at radius 1 is 1.00 bits per heavy atom. The lowest BCUT2D eigenvalue weighted by Gasteiger charge is -2.20. The summed E-state index contributed by atoms with van der Waals surface area (Å²) in [7, 11) is 1.69. The first-order valence-electron chi connectivity index (χ1n) is 14.3. The number of phenols is 1. The monoisotopic (exact) mass is 575 g/mol. The number of rotatable bonds is 9. The van der Waals surface area contributed by atoms with E-state index in [-0.39, 0.29) is 11.9 Å². The molecule has 7 nitrogen and oxygen atoms in total. The fraction of sp³-hybridized carbons (Fsp3) is 0.394. The first-order chi connectivity index (χ1) is 19.9. The minimum atomic E-state index is -0.901. The van der Waals surface area contributed by atoms with Gasteiger partial charge in [0.15, 0.2) is 6.29 Å². The van der Waals surface area contributed by atoms with Crippen molar-refractivity contribution in [1.82, 2.24) is 4.90 Å². The molecule has 0 aliphatic carbocycles. The fourth-order valence-electron chi connectivity index (χ4n) is 5.76. The van der Waals surface area contributed by atoms with E-state index in [1.165, 1.54) is 12.8 Å². The van der Waals surface area contributed by atoms with Crippen molar-refractivity contribution in [3.05, 3.63) is 76.9 Å². The van der Waals surface area contributed by atoms with Crippen molar-refractivity contribution in [2.24, 2.45) is 0 Å². The van der Waals surface area contributed by atoms with Crippen LogP contribution in [-0.2, 0) is 16.0 Å². The second-order valence-corrected chi connectivity index (χ2v) is 12.0. The van der Waals surface area contributed by atoms with Crippen LogP contribution in [0.4, 0.5) is 0 Å². The zero-order valence-corrected chi connectivity index (χ0v) is 24.6. The Morgan fingerprint density at radius 2 is 1.78 bits per heavy atom. The summed E-state index contributed by atoms with van der Waals surface area (Å²) in [6.45, 7) is 8.02. The Bertz CT molecular complexity index is 1520. The van der Waals surface area contributed by atoms with Crippen LogP contribution in [0.25, 0.3) is 20.5 Å². The van der Waals surface area contributed by atoms with Crippen LogP contribution in [0.15, 0.2) is 54.6 Å². The van der Waals surface area contributed by atoms with Crippen LogP contribution in [-0.4, -0.2) is 54.6 Å². The summed E-state index contributed by atoms with van der Waals surface area (Å²) in [6.07, 6.45) is 0.997. The third-order valence-electron chi connectivity index (χ3n) is 7.73. The summed E-state index contributed by atoms with van der Waals surface area (Å²) in [6, 6.07) is 17.5. The number of benzene rings is 3. The molecule has 6 rings (SSSR count). The average molecular weight is 576 g/mol. The van der Waals surface area contributed by atoms with Crippen LogP contribution in [0, 0.1) is 0 Å². The molecule has 1 aromatic heterocycles. The summed E-state index contributed by atoms with van der Waals surface area (Å²) in [4.78, 5) is 3.35. The summed E-state index contributed by atoms with van der Waals surface area (Å²) >= 11 is 1.59. The number of aromatic hydroxyl groups is 1. The fourth-order valence-corrected chi connectivity index (χ4v) is 7.02. The van der Waals surface area contributed by atoms with Gasteiger partial charge in [-0.05, 0) is 98.8 Å². The molecule has 0 radical (unpaired) electrons.